The van der Waals surface area contributed by atoms with Crippen LogP contribution < -0.4 is 5.73 Å². The molecule has 1 unspecified atom stereocenters. The van der Waals surface area contributed by atoms with Gasteiger partial charge in [-0.2, -0.15) is 0 Å². The van der Waals surface area contributed by atoms with Crippen molar-refractivity contribution in [1.29, 1.82) is 0 Å². The van der Waals surface area contributed by atoms with Gasteiger partial charge < -0.3 is 15.6 Å². The van der Waals surface area contributed by atoms with Crippen LogP contribution in [0.25, 0.3) is 0 Å². The van der Waals surface area contributed by atoms with Crippen molar-refractivity contribution in [2.24, 2.45) is 5.73 Å². The highest BCUT2D eigenvalue weighted by molar-refractivity contribution is 5.77. The molecule has 1 aromatic heterocycles. The second kappa shape index (κ2) is 5.78. The number of nitrogens with two attached hydrogens (primary N) is 1. The Balaban J connectivity index is 1.82. The van der Waals surface area contributed by atoms with E-state index in [1.165, 1.54) is 5.69 Å². The van der Waals surface area contributed by atoms with Crippen LogP contribution >= 0.6 is 0 Å². The number of nitrogens with zero attached hydrogens (tertiary/aromatic N) is 1. The first-order chi connectivity index (χ1) is 8.99. The van der Waals surface area contributed by atoms with Crippen LogP contribution in [0.15, 0.2) is 18.3 Å². The Morgan fingerprint density at radius 2 is 2.37 bits per heavy atom. The van der Waals surface area contributed by atoms with E-state index < -0.39 is 0 Å². The molecule has 1 saturated heterocycles. The van der Waals surface area contributed by atoms with Crippen LogP contribution in [0.3, 0.4) is 0 Å². The summed E-state index contributed by atoms with van der Waals surface area (Å²) in [6.45, 7) is 5.04. The smallest absolute Gasteiger partial charge is 0.223 e. The van der Waals surface area contributed by atoms with Crippen molar-refractivity contribution in [3.8, 4) is 0 Å². The van der Waals surface area contributed by atoms with Gasteiger partial charge in [0.05, 0.1) is 0 Å². The summed E-state index contributed by atoms with van der Waals surface area (Å²) in [5.41, 5.74) is 7.10. The minimum atomic E-state index is -0.0960. The van der Waals surface area contributed by atoms with Gasteiger partial charge in [0.15, 0.2) is 0 Å². The summed E-state index contributed by atoms with van der Waals surface area (Å²) in [4.78, 5) is 17.5. The summed E-state index contributed by atoms with van der Waals surface area (Å²) in [6, 6.07) is 4.29. The summed E-state index contributed by atoms with van der Waals surface area (Å²) >= 11 is 0. The molecule has 1 atom stereocenters. The summed E-state index contributed by atoms with van der Waals surface area (Å²) in [5, 5.41) is 0. The Morgan fingerprint density at radius 3 is 3.00 bits per heavy atom. The number of hydrogen-bond acceptors (Lipinski definition) is 2. The number of carbonyl (C=O) groups excluding carboxylic acids is 1. The van der Waals surface area contributed by atoms with Gasteiger partial charge in [-0.3, -0.25) is 4.79 Å². The average Bonchev–Trinajstić information content (AvgIpc) is 2.80. The summed E-state index contributed by atoms with van der Waals surface area (Å²) in [5.74, 6) is 0.267. The van der Waals surface area contributed by atoms with Gasteiger partial charge in [0, 0.05) is 36.4 Å². The largest absolute Gasteiger partial charge is 0.365 e. The molecule has 4 nitrogen and oxygen atoms in total. The molecule has 0 aromatic carbocycles. The van der Waals surface area contributed by atoms with E-state index in [-0.39, 0.29) is 17.5 Å². The van der Waals surface area contributed by atoms with Crippen LogP contribution in [0.1, 0.15) is 45.2 Å². The molecule has 1 fully saturated rings. The maximum Gasteiger partial charge on any atom is 0.223 e. The van der Waals surface area contributed by atoms with Gasteiger partial charge in [0.1, 0.15) is 0 Å². The molecular formula is C15H25N3O. The van der Waals surface area contributed by atoms with Crippen LogP contribution in [0.5, 0.6) is 0 Å². The molecule has 0 bridgehead atoms. The number of aromatic nitrogens is 1. The topological polar surface area (TPSA) is 62.1 Å². The van der Waals surface area contributed by atoms with Crippen molar-refractivity contribution in [2.75, 3.05) is 6.54 Å². The fourth-order valence-corrected chi connectivity index (χ4v) is 3.00. The molecule has 0 spiro atoms. The van der Waals surface area contributed by atoms with Crippen molar-refractivity contribution >= 4 is 5.91 Å². The Hall–Kier alpha value is -1.29. The molecule has 2 rings (SSSR count). The number of rotatable bonds is 4. The molecule has 1 amide bonds. The highest BCUT2D eigenvalue weighted by Crippen LogP contribution is 2.27. The molecular weight excluding hydrogens is 238 g/mol. The molecule has 1 aliphatic heterocycles. The fraction of sp³-hybridized carbons (Fsp3) is 0.667. The standard InChI is InChI=1S/C15H25N3O/c1-15(2)11-12(16)8-10-18(15)14(19)7-3-5-13-6-4-9-17-13/h4,6,9,12,17H,3,5,7-8,10-11,16H2,1-2H3. The number of amides is 1. The molecule has 1 aromatic rings. The number of hydrogen-bond donors (Lipinski definition) is 2. The molecule has 3 N–H and O–H groups in total. The summed E-state index contributed by atoms with van der Waals surface area (Å²) in [6.07, 6.45) is 6.20. The molecule has 2 heterocycles. The van der Waals surface area contributed by atoms with Gasteiger partial charge in [-0.15, -0.1) is 0 Å². The van der Waals surface area contributed by atoms with E-state index in [1.807, 2.05) is 17.2 Å². The lowest BCUT2D eigenvalue weighted by atomic mass is 9.87. The van der Waals surface area contributed by atoms with Gasteiger partial charge in [-0.1, -0.05) is 0 Å². The number of piperidine rings is 1. The van der Waals surface area contributed by atoms with Crippen molar-refractivity contribution in [1.82, 2.24) is 9.88 Å². The first-order valence-corrected chi connectivity index (χ1v) is 7.17. The molecule has 0 saturated carbocycles. The molecule has 1 aliphatic rings. The first kappa shape index (κ1) is 14.1. The quantitative estimate of drug-likeness (QED) is 0.873. The monoisotopic (exact) mass is 263 g/mol. The lowest BCUT2D eigenvalue weighted by Crippen LogP contribution is -2.55. The molecule has 0 aliphatic carbocycles. The number of aromatic amines is 1. The Morgan fingerprint density at radius 1 is 1.58 bits per heavy atom. The van der Waals surface area contributed by atoms with Gasteiger partial charge in [-0.05, 0) is 51.7 Å². The van der Waals surface area contributed by atoms with Crippen LogP contribution in [-0.4, -0.2) is 33.9 Å². The zero-order valence-electron chi connectivity index (χ0n) is 12.0. The maximum atomic E-state index is 12.3. The summed E-state index contributed by atoms with van der Waals surface area (Å²) < 4.78 is 0. The number of H-pyrrole nitrogens is 1. The molecule has 19 heavy (non-hydrogen) atoms. The number of likely N-dealkylation sites (tertiary alicyclic amines) is 1. The van der Waals surface area contributed by atoms with E-state index in [0.717, 1.165) is 32.2 Å². The number of carbonyl (C=O) groups is 1. The third kappa shape index (κ3) is 3.60. The highest BCUT2D eigenvalue weighted by Gasteiger charge is 2.35. The first-order valence-electron chi connectivity index (χ1n) is 7.17. The zero-order chi connectivity index (χ0) is 13.9. The van der Waals surface area contributed by atoms with E-state index in [4.69, 9.17) is 5.73 Å². The van der Waals surface area contributed by atoms with E-state index in [1.54, 1.807) is 0 Å². The lowest BCUT2D eigenvalue weighted by molar-refractivity contribution is -0.138. The van der Waals surface area contributed by atoms with E-state index in [2.05, 4.69) is 24.9 Å². The Kier molecular flexibility index (Phi) is 4.30. The molecule has 0 radical (unpaired) electrons. The number of nitrogens with one attached hydrogen (secondary N) is 1. The predicted octanol–water partition coefficient (Wildman–Crippen LogP) is 2.07. The second-order valence-corrected chi connectivity index (χ2v) is 6.16. The summed E-state index contributed by atoms with van der Waals surface area (Å²) in [7, 11) is 0. The van der Waals surface area contributed by atoms with E-state index in [0.29, 0.717) is 6.42 Å². The van der Waals surface area contributed by atoms with Crippen molar-refractivity contribution in [3.05, 3.63) is 24.0 Å². The van der Waals surface area contributed by atoms with Crippen LogP contribution in [-0.2, 0) is 11.2 Å². The van der Waals surface area contributed by atoms with Gasteiger partial charge >= 0.3 is 0 Å². The zero-order valence-corrected chi connectivity index (χ0v) is 12.0. The SMILES string of the molecule is CC1(C)CC(N)CCN1C(=O)CCCc1ccc[nH]1. The predicted molar refractivity (Wildman–Crippen MR) is 76.7 cm³/mol. The van der Waals surface area contributed by atoms with E-state index in [9.17, 15) is 4.79 Å². The van der Waals surface area contributed by atoms with Crippen molar-refractivity contribution in [2.45, 2.75) is 57.5 Å². The van der Waals surface area contributed by atoms with Gasteiger partial charge in [-0.25, -0.2) is 0 Å². The van der Waals surface area contributed by atoms with Crippen LogP contribution in [0.4, 0.5) is 0 Å². The lowest BCUT2D eigenvalue weighted by Gasteiger charge is -2.45. The minimum absolute atomic E-state index is 0.0960. The normalized spacial score (nSPS) is 22.5. The van der Waals surface area contributed by atoms with Crippen LogP contribution in [0, 0.1) is 0 Å². The third-order valence-corrected chi connectivity index (χ3v) is 4.02. The van der Waals surface area contributed by atoms with Crippen molar-refractivity contribution < 1.29 is 4.79 Å². The average molecular weight is 263 g/mol. The van der Waals surface area contributed by atoms with Crippen molar-refractivity contribution in [3.63, 3.8) is 0 Å². The minimum Gasteiger partial charge on any atom is -0.365 e. The highest BCUT2D eigenvalue weighted by atomic mass is 16.2. The van der Waals surface area contributed by atoms with Crippen LogP contribution in [0.2, 0.25) is 0 Å². The fourth-order valence-electron chi connectivity index (χ4n) is 3.00. The Labute approximate surface area is 115 Å². The van der Waals surface area contributed by atoms with E-state index >= 15 is 0 Å². The number of aryl methyl sites for hydroxylation is 1. The Bertz CT molecular complexity index is 411. The van der Waals surface area contributed by atoms with Gasteiger partial charge in [0.2, 0.25) is 5.91 Å². The molecule has 106 valence electrons. The molecule has 4 heteroatoms. The third-order valence-electron chi connectivity index (χ3n) is 4.02. The van der Waals surface area contributed by atoms with Gasteiger partial charge in [0.25, 0.3) is 0 Å². The second-order valence-electron chi connectivity index (χ2n) is 6.16. The maximum absolute atomic E-state index is 12.3.